The van der Waals surface area contributed by atoms with Gasteiger partial charge in [-0.15, -0.1) is 5.10 Å². The Morgan fingerprint density at radius 1 is 1.45 bits per heavy atom. The van der Waals surface area contributed by atoms with Gasteiger partial charge in [0.05, 0.1) is 18.3 Å². The van der Waals surface area contributed by atoms with Crippen molar-refractivity contribution in [2.24, 2.45) is 0 Å². The van der Waals surface area contributed by atoms with Crippen LogP contribution >= 0.6 is 15.9 Å². The van der Waals surface area contributed by atoms with Gasteiger partial charge in [0, 0.05) is 6.20 Å². The molecule has 0 bridgehead atoms. The van der Waals surface area contributed by atoms with Crippen LogP contribution in [0.5, 0.6) is 0 Å². The highest BCUT2D eigenvalue weighted by Gasteiger charge is 2.11. The fourth-order valence-corrected chi connectivity index (χ4v) is 1.89. The van der Waals surface area contributed by atoms with E-state index in [1.54, 1.807) is 18.3 Å². The fourth-order valence-electron chi connectivity index (χ4n) is 1.46. The second kappa shape index (κ2) is 6.24. The highest BCUT2D eigenvalue weighted by molar-refractivity contribution is 9.10. The summed E-state index contributed by atoms with van der Waals surface area (Å²) in [5, 5.41) is 18.7. The molecule has 2 N–H and O–H groups in total. The first kappa shape index (κ1) is 14.1. The van der Waals surface area contributed by atoms with Crippen molar-refractivity contribution in [2.75, 3.05) is 0 Å². The molecule has 2 aromatic rings. The lowest BCUT2D eigenvalue weighted by molar-refractivity contribution is -0.137. The zero-order valence-electron chi connectivity index (χ0n) is 10.2. The third kappa shape index (κ3) is 3.60. The van der Waals surface area contributed by atoms with Crippen LogP contribution in [0.3, 0.4) is 0 Å². The Bertz CT molecular complexity index is 642. The summed E-state index contributed by atoms with van der Waals surface area (Å²) in [5.41, 5.74) is 0.880. The summed E-state index contributed by atoms with van der Waals surface area (Å²) < 4.78 is 1.64. The second-order valence-corrected chi connectivity index (χ2v) is 4.58. The van der Waals surface area contributed by atoms with Crippen LogP contribution in [0.25, 0.3) is 0 Å². The van der Waals surface area contributed by atoms with E-state index in [0.29, 0.717) is 15.9 Å². The molecule has 2 rings (SSSR count). The number of carboxylic acids is 1. The SMILES string of the molecule is O=C(O)Cn1cc(CNC(=O)c2cccnc2Br)nn1. The molecule has 0 saturated heterocycles. The highest BCUT2D eigenvalue weighted by atomic mass is 79.9. The van der Waals surface area contributed by atoms with Gasteiger partial charge in [-0.25, -0.2) is 9.67 Å². The van der Waals surface area contributed by atoms with Gasteiger partial charge in [0.1, 0.15) is 16.8 Å². The molecule has 0 aromatic carbocycles. The zero-order valence-corrected chi connectivity index (χ0v) is 11.7. The topological polar surface area (TPSA) is 110 Å². The van der Waals surface area contributed by atoms with Gasteiger partial charge in [-0.3, -0.25) is 9.59 Å². The largest absolute Gasteiger partial charge is 0.480 e. The summed E-state index contributed by atoms with van der Waals surface area (Å²) in [6.07, 6.45) is 3.03. The molecular formula is C11H10BrN5O3. The lowest BCUT2D eigenvalue weighted by Crippen LogP contribution is -2.23. The quantitative estimate of drug-likeness (QED) is 0.765. The van der Waals surface area contributed by atoms with Gasteiger partial charge in [0.25, 0.3) is 5.91 Å². The average Bonchev–Trinajstić information content (AvgIpc) is 2.83. The molecular weight excluding hydrogens is 330 g/mol. The number of nitrogens with one attached hydrogen (secondary N) is 1. The molecule has 0 aliphatic carbocycles. The van der Waals surface area contributed by atoms with Crippen LogP contribution in [-0.2, 0) is 17.9 Å². The number of carbonyl (C=O) groups is 2. The predicted octanol–water partition coefficient (Wildman–Crippen LogP) is 0.450. The van der Waals surface area contributed by atoms with E-state index in [1.807, 2.05) is 0 Å². The number of carboxylic acid groups (broad SMARTS) is 1. The highest BCUT2D eigenvalue weighted by Crippen LogP contribution is 2.12. The first-order valence-electron chi connectivity index (χ1n) is 5.56. The first-order chi connectivity index (χ1) is 9.56. The van der Waals surface area contributed by atoms with Crippen molar-refractivity contribution in [1.82, 2.24) is 25.3 Å². The van der Waals surface area contributed by atoms with Crippen molar-refractivity contribution in [3.8, 4) is 0 Å². The van der Waals surface area contributed by atoms with E-state index < -0.39 is 5.97 Å². The van der Waals surface area contributed by atoms with Gasteiger partial charge in [-0.2, -0.15) is 0 Å². The van der Waals surface area contributed by atoms with Crippen molar-refractivity contribution in [2.45, 2.75) is 13.1 Å². The number of pyridine rings is 1. The van der Waals surface area contributed by atoms with E-state index in [4.69, 9.17) is 5.11 Å². The Morgan fingerprint density at radius 2 is 2.25 bits per heavy atom. The average molecular weight is 340 g/mol. The van der Waals surface area contributed by atoms with Gasteiger partial charge in [-0.05, 0) is 28.1 Å². The molecule has 8 nitrogen and oxygen atoms in total. The molecule has 2 aromatic heterocycles. The number of carbonyl (C=O) groups excluding carboxylic acids is 1. The van der Waals surface area contributed by atoms with Crippen LogP contribution in [0.2, 0.25) is 0 Å². The minimum Gasteiger partial charge on any atom is -0.480 e. The van der Waals surface area contributed by atoms with Crippen LogP contribution in [0.4, 0.5) is 0 Å². The van der Waals surface area contributed by atoms with E-state index in [9.17, 15) is 9.59 Å². The summed E-state index contributed by atoms with van der Waals surface area (Å²) in [6, 6.07) is 3.29. The Morgan fingerprint density at radius 3 is 2.95 bits per heavy atom. The molecule has 0 fully saturated rings. The smallest absolute Gasteiger partial charge is 0.325 e. The molecule has 1 amide bonds. The lowest BCUT2D eigenvalue weighted by atomic mass is 10.2. The Labute approximate surface area is 121 Å². The minimum atomic E-state index is -1.01. The van der Waals surface area contributed by atoms with E-state index in [0.717, 1.165) is 0 Å². The molecule has 0 atom stereocenters. The summed E-state index contributed by atoms with van der Waals surface area (Å²) >= 11 is 3.19. The lowest BCUT2D eigenvalue weighted by Gasteiger charge is -2.03. The van der Waals surface area contributed by atoms with E-state index in [1.165, 1.54) is 10.9 Å². The Balaban J connectivity index is 1.95. The van der Waals surface area contributed by atoms with Crippen LogP contribution in [0.15, 0.2) is 29.1 Å². The van der Waals surface area contributed by atoms with Crippen molar-refractivity contribution >= 4 is 27.8 Å². The third-order valence-corrected chi connectivity index (χ3v) is 2.95. The summed E-state index contributed by atoms with van der Waals surface area (Å²) in [7, 11) is 0. The van der Waals surface area contributed by atoms with E-state index >= 15 is 0 Å². The normalized spacial score (nSPS) is 10.2. The van der Waals surface area contributed by atoms with Crippen molar-refractivity contribution < 1.29 is 14.7 Å². The number of rotatable bonds is 5. The molecule has 104 valence electrons. The Hall–Kier alpha value is -2.29. The molecule has 0 aliphatic heterocycles. The maximum absolute atomic E-state index is 11.9. The van der Waals surface area contributed by atoms with Gasteiger partial charge in [0.2, 0.25) is 0 Å². The predicted molar refractivity (Wildman–Crippen MR) is 70.8 cm³/mol. The summed E-state index contributed by atoms with van der Waals surface area (Å²) in [6.45, 7) is -0.116. The number of nitrogens with zero attached hydrogens (tertiary/aromatic N) is 4. The molecule has 2 heterocycles. The van der Waals surface area contributed by atoms with Gasteiger partial charge in [0.15, 0.2) is 0 Å². The van der Waals surface area contributed by atoms with Crippen LogP contribution in [0, 0.1) is 0 Å². The third-order valence-electron chi connectivity index (χ3n) is 2.32. The standard InChI is InChI=1S/C11H10BrN5O3/c12-10-8(2-1-3-13-10)11(20)14-4-7-5-17(16-15-7)6-9(18)19/h1-3,5H,4,6H2,(H,14,20)(H,18,19). The van der Waals surface area contributed by atoms with Crippen molar-refractivity contribution in [3.63, 3.8) is 0 Å². The zero-order chi connectivity index (χ0) is 14.5. The molecule has 0 unspecified atom stereocenters. The molecule has 0 radical (unpaired) electrons. The molecule has 20 heavy (non-hydrogen) atoms. The maximum atomic E-state index is 11.9. The monoisotopic (exact) mass is 339 g/mol. The number of hydrogen-bond donors (Lipinski definition) is 2. The van der Waals surface area contributed by atoms with Gasteiger partial charge >= 0.3 is 5.97 Å². The molecule has 0 saturated carbocycles. The van der Waals surface area contributed by atoms with E-state index in [2.05, 4.69) is 36.5 Å². The van der Waals surface area contributed by atoms with Crippen molar-refractivity contribution in [1.29, 1.82) is 0 Å². The van der Waals surface area contributed by atoms with E-state index in [-0.39, 0.29) is 19.0 Å². The second-order valence-electron chi connectivity index (χ2n) is 3.83. The number of halogens is 1. The number of amides is 1. The number of aliphatic carboxylic acids is 1. The molecule has 0 aliphatic rings. The Kier molecular flexibility index (Phi) is 4.41. The first-order valence-corrected chi connectivity index (χ1v) is 6.35. The fraction of sp³-hybridized carbons (Fsp3) is 0.182. The number of aromatic nitrogens is 4. The minimum absolute atomic E-state index is 0.153. The summed E-state index contributed by atoms with van der Waals surface area (Å²) in [4.78, 5) is 26.3. The van der Waals surface area contributed by atoms with Crippen LogP contribution in [-0.4, -0.2) is 37.0 Å². The maximum Gasteiger partial charge on any atom is 0.325 e. The molecule has 0 spiro atoms. The van der Waals surface area contributed by atoms with Gasteiger partial charge < -0.3 is 10.4 Å². The van der Waals surface area contributed by atoms with Crippen LogP contribution in [0.1, 0.15) is 16.1 Å². The molecule has 9 heteroatoms. The van der Waals surface area contributed by atoms with Crippen molar-refractivity contribution in [3.05, 3.63) is 40.4 Å². The van der Waals surface area contributed by atoms with Crippen LogP contribution < -0.4 is 5.32 Å². The number of hydrogen-bond acceptors (Lipinski definition) is 5. The van der Waals surface area contributed by atoms with Gasteiger partial charge in [-0.1, -0.05) is 5.21 Å². The summed E-state index contributed by atoms with van der Waals surface area (Å²) in [5.74, 6) is -1.32.